The monoisotopic (exact) mass is 307 g/mol. The Morgan fingerprint density at radius 2 is 2.14 bits per heavy atom. The SMILES string of the molecule is CC(C)c1nc(Cl)c([N+](=O)[O-])c(NCc2ccccn2)n1. The molecule has 0 aliphatic carbocycles. The van der Waals surface area contributed by atoms with Crippen molar-refractivity contribution in [3.05, 3.63) is 51.2 Å². The zero-order valence-electron chi connectivity index (χ0n) is 11.6. The molecule has 8 heteroatoms. The summed E-state index contributed by atoms with van der Waals surface area (Å²) in [5.41, 5.74) is 0.421. The van der Waals surface area contributed by atoms with E-state index < -0.39 is 4.92 Å². The van der Waals surface area contributed by atoms with Gasteiger partial charge in [0.1, 0.15) is 5.82 Å². The summed E-state index contributed by atoms with van der Waals surface area (Å²) in [5, 5.41) is 13.9. The lowest BCUT2D eigenvalue weighted by molar-refractivity contribution is -0.384. The molecule has 21 heavy (non-hydrogen) atoms. The summed E-state index contributed by atoms with van der Waals surface area (Å²) in [4.78, 5) is 22.8. The quantitative estimate of drug-likeness (QED) is 0.518. The van der Waals surface area contributed by atoms with Gasteiger partial charge in [-0.3, -0.25) is 15.1 Å². The second-order valence-corrected chi connectivity index (χ2v) is 5.01. The fourth-order valence-electron chi connectivity index (χ4n) is 1.66. The number of aromatic nitrogens is 3. The van der Waals surface area contributed by atoms with Gasteiger partial charge in [-0.15, -0.1) is 0 Å². The van der Waals surface area contributed by atoms with Gasteiger partial charge in [-0.1, -0.05) is 31.5 Å². The van der Waals surface area contributed by atoms with Gasteiger partial charge < -0.3 is 5.32 Å². The van der Waals surface area contributed by atoms with Crippen molar-refractivity contribution in [3.63, 3.8) is 0 Å². The molecular weight excluding hydrogens is 294 g/mol. The maximum atomic E-state index is 11.1. The summed E-state index contributed by atoms with van der Waals surface area (Å²) in [6.07, 6.45) is 1.65. The Balaban J connectivity index is 2.33. The molecule has 0 bridgehead atoms. The average molecular weight is 308 g/mol. The molecule has 7 nitrogen and oxygen atoms in total. The van der Waals surface area contributed by atoms with Gasteiger partial charge in [-0.25, -0.2) is 9.97 Å². The van der Waals surface area contributed by atoms with E-state index in [4.69, 9.17) is 11.6 Å². The molecule has 1 N–H and O–H groups in total. The lowest BCUT2D eigenvalue weighted by Gasteiger charge is -2.10. The first-order valence-corrected chi connectivity index (χ1v) is 6.72. The number of hydrogen-bond acceptors (Lipinski definition) is 6. The number of hydrogen-bond donors (Lipinski definition) is 1. The van der Waals surface area contributed by atoms with Gasteiger partial charge >= 0.3 is 5.69 Å². The predicted octanol–water partition coefficient (Wildman–Crippen LogP) is 3.17. The topological polar surface area (TPSA) is 93.8 Å². The van der Waals surface area contributed by atoms with Crippen LogP contribution >= 0.6 is 11.6 Å². The van der Waals surface area contributed by atoms with E-state index >= 15 is 0 Å². The molecular formula is C13H14ClN5O2. The molecule has 0 aromatic carbocycles. The van der Waals surface area contributed by atoms with Crippen LogP contribution in [-0.4, -0.2) is 19.9 Å². The van der Waals surface area contributed by atoms with Crippen molar-refractivity contribution in [2.24, 2.45) is 0 Å². The second kappa shape index (κ2) is 6.45. The summed E-state index contributed by atoms with van der Waals surface area (Å²) in [6.45, 7) is 4.09. The highest BCUT2D eigenvalue weighted by Crippen LogP contribution is 2.31. The third-order valence-corrected chi connectivity index (χ3v) is 2.98. The first kappa shape index (κ1) is 15.1. The van der Waals surface area contributed by atoms with Crippen molar-refractivity contribution in [2.75, 3.05) is 5.32 Å². The molecule has 2 aromatic heterocycles. The highest BCUT2D eigenvalue weighted by Gasteiger charge is 2.24. The Bertz CT molecular complexity index is 649. The van der Waals surface area contributed by atoms with Gasteiger partial charge in [0, 0.05) is 12.1 Å². The first-order valence-electron chi connectivity index (χ1n) is 6.34. The van der Waals surface area contributed by atoms with Gasteiger partial charge in [-0.2, -0.15) is 0 Å². The van der Waals surface area contributed by atoms with E-state index in [1.807, 2.05) is 26.0 Å². The Labute approximate surface area is 126 Å². The maximum absolute atomic E-state index is 11.1. The molecule has 110 valence electrons. The van der Waals surface area contributed by atoms with E-state index in [1.54, 1.807) is 12.3 Å². The minimum atomic E-state index is -0.590. The molecule has 2 rings (SSSR count). The molecule has 0 radical (unpaired) electrons. The van der Waals surface area contributed by atoms with Gasteiger partial charge in [0.05, 0.1) is 17.2 Å². The van der Waals surface area contributed by atoms with Crippen LogP contribution in [0.3, 0.4) is 0 Å². The molecule has 0 aliphatic heterocycles. The lowest BCUT2D eigenvalue weighted by Crippen LogP contribution is -2.10. The fourth-order valence-corrected chi connectivity index (χ4v) is 1.91. The highest BCUT2D eigenvalue weighted by atomic mass is 35.5. The number of nitro groups is 1. The van der Waals surface area contributed by atoms with Crippen LogP contribution in [0.2, 0.25) is 5.15 Å². The van der Waals surface area contributed by atoms with Crippen LogP contribution in [0.5, 0.6) is 0 Å². The summed E-state index contributed by atoms with van der Waals surface area (Å²) in [5.74, 6) is 0.571. The number of halogens is 1. The van der Waals surface area contributed by atoms with Crippen LogP contribution in [-0.2, 0) is 6.54 Å². The summed E-state index contributed by atoms with van der Waals surface area (Å²) in [6, 6.07) is 5.44. The van der Waals surface area contributed by atoms with Gasteiger partial charge in [0.15, 0.2) is 0 Å². The van der Waals surface area contributed by atoms with Crippen molar-refractivity contribution in [3.8, 4) is 0 Å². The predicted molar refractivity (Wildman–Crippen MR) is 79.3 cm³/mol. The second-order valence-electron chi connectivity index (χ2n) is 4.66. The van der Waals surface area contributed by atoms with Crippen LogP contribution in [0.4, 0.5) is 11.5 Å². The third-order valence-electron chi connectivity index (χ3n) is 2.72. The van der Waals surface area contributed by atoms with Gasteiger partial charge in [0.2, 0.25) is 11.0 Å². The van der Waals surface area contributed by atoms with Crippen LogP contribution in [0.25, 0.3) is 0 Å². The van der Waals surface area contributed by atoms with E-state index in [0.29, 0.717) is 12.4 Å². The van der Waals surface area contributed by atoms with Crippen molar-refractivity contribution in [1.82, 2.24) is 15.0 Å². The van der Waals surface area contributed by atoms with Gasteiger partial charge in [0.25, 0.3) is 0 Å². The van der Waals surface area contributed by atoms with E-state index in [-0.39, 0.29) is 22.6 Å². The number of pyridine rings is 1. The van der Waals surface area contributed by atoms with Crippen LogP contribution in [0.15, 0.2) is 24.4 Å². The minimum absolute atomic E-state index is 0.0127. The first-order chi connectivity index (χ1) is 9.99. The summed E-state index contributed by atoms with van der Waals surface area (Å²) >= 11 is 5.91. The molecule has 0 atom stereocenters. The number of rotatable bonds is 5. The van der Waals surface area contributed by atoms with Gasteiger partial charge in [-0.05, 0) is 12.1 Å². The molecule has 0 amide bonds. The Morgan fingerprint density at radius 1 is 1.38 bits per heavy atom. The molecule has 2 aromatic rings. The van der Waals surface area contributed by atoms with Crippen LogP contribution in [0, 0.1) is 10.1 Å². The molecule has 0 aliphatic rings. The van der Waals surface area contributed by atoms with E-state index in [2.05, 4.69) is 20.3 Å². The average Bonchev–Trinajstić information content (AvgIpc) is 2.45. The molecule has 2 heterocycles. The number of nitrogens with one attached hydrogen (secondary N) is 1. The lowest BCUT2D eigenvalue weighted by atomic mass is 10.2. The Kier molecular flexibility index (Phi) is 4.64. The molecule has 0 unspecified atom stereocenters. The maximum Gasteiger partial charge on any atom is 0.348 e. The number of anilines is 1. The molecule has 0 saturated carbocycles. The molecule has 0 saturated heterocycles. The zero-order chi connectivity index (χ0) is 15.4. The van der Waals surface area contributed by atoms with Crippen molar-refractivity contribution in [2.45, 2.75) is 26.3 Å². The number of nitrogens with zero attached hydrogens (tertiary/aromatic N) is 4. The molecule has 0 spiro atoms. The fraction of sp³-hybridized carbons (Fsp3) is 0.308. The largest absolute Gasteiger partial charge is 0.359 e. The molecule has 0 fully saturated rings. The minimum Gasteiger partial charge on any atom is -0.359 e. The van der Waals surface area contributed by atoms with Crippen LogP contribution in [0.1, 0.15) is 31.3 Å². The Hall–Kier alpha value is -2.28. The smallest absolute Gasteiger partial charge is 0.348 e. The van der Waals surface area contributed by atoms with Crippen molar-refractivity contribution < 1.29 is 4.92 Å². The standard InChI is InChI=1S/C13H14ClN5O2/c1-8(2)12-17-11(14)10(19(20)21)13(18-12)16-7-9-5-3-4-6-15-9/h3-6,8H,7H2,1-2H3,(H,16,17,18). The van der Waals surface area contributed by atoms with Crippen LogP contribution < -0.4 is 5.32 Å². The highest BCUT2D eigenvalue weighted by molar-refractivity contribution is 6.31. The van der Waals surface area contributed by atoms with E-state index in [0.717, 1.165) is 5.69 Å². The summed E-state index contributed by atoms with van der Waals surface area (Å²) in [7, 11) is 0. The Morgan fingerprint density at radius 3 is 2.71 bits per heavy atom. The normalized spacial score (nSPS) is 10.7. The summed E-state index contributed by atoms with van der Waals surface area (Å²) < 4.78 is 0. The van der Waals surface area contributed by atoms with E-state index in [1.165, 1.54) is 0 Å². The van der Waals surface area contributed by atoms with Crippen molar-refractivity contribution in [1.29, 1.82) is 0 Å². The van der Waals surface area contributed by atoms with E-state index in [9.17, 15) is 10.1 Å². The van der Waals surface area contributed by atoms with Crippen molar-refractivity contribution >= 4 is 23.1 Å². The zero-order valence-corrected chi connectivity index (χ0v) is 12.3. The third kappa shape index (κ3) is 3.63.